The van der Waals surface area contributed by atoms with Crippen molar-refractivity contribution < 1.29 is 18.7 Å². The van der Waals surface area contributed by atoms with Crippen LogP contribution in [0.5, 0.6) is 5.75 Å². The van der Waals surface area contributed by atoms with E-state index >= 15 is 0 Å². The third kappa shape index (κ3) is 5.90. The molecule has 192 valence electrons. The number of H-pyrrole nitrogens is 1. The van der Waals surface area contributed by atoms with Gasteiger partial charge in [-0.2, -0.15) is 0 Å². The van der Waals surface area contributed by atoms with Crippen molar-refractivity contribution in [3.8, 4) is 17.1 Å². The number of rotatable bonds is 5. The van der Waals surface area contributed by atoms with Crippen molar-refractivity contribution >= 4 is 28.6 Å². The van der Waals surface area contributed by atoms with Gasteiger partial charge >= 0.3 is 6.09 Å². The lowest BCUT2D eigenvalue weighted by molar-refractivity contribution is 0.0127. The maximum absolute atomic E-state index is 13.6. The van der Waals surface area contributed by atoms with Crippen LogP contribution in [0.4, 0.5) is 20.8 Å². The van der Waals surface area contributed by atoms with Gasteiger partial charge in [-0.1, -0.05) is 6.07 Å². The molecule has 3 heterocycles. The first-order chi connectivity index (χ1) is 17.7. The Morgan fingerprint density at radius 1 is 1.19 bits per heavy atom. The molecule has 1 saturated heterocycles. The number of fused-ring (bicyclic) bond motifs is 1. The zero-order valence-electron chi connectivity index (χ0n) is 20.7. The molecular formula is C25H27FN8O3. The molecule has 0 atom stereocenters. The number of carbonyl (C=O) groups is 1. The number of aromatic nitrogens is 6. The molecule has 2 aromatic heterocycles. The van der Waals surface area contributed by atoms with E-state index in [-0.39, 0.29) is 18.0 Å². The van der Waals surface area contributed by atoms with E-state index in [0.717, 1.165) is 5.39 Å². The largest absolute Gasteiger partial charge is 0.489 e. The highest BCUT2D eigenvalue weighted by Gasteiger charge is 2.28. The lowest BCUT2D eigenvalue weighted by Crippen LogP contribution is -2.44. The molecule has 1 aliphatic heterocycles. The van der Waals surface area contributed by atoms with Gasteiger partial charge < -0.3 is 19.7 Å². The third-order valence-corrected chi connectivity index (χ3v) is 5.75. The van der Waals surface area contributed by atoms with Crippen LogP contribution >= 0.6 is 0 Å². The number of nitrogens with one attached hydrogen (secondary N) is 2. The van der Waals surface area contributed by atoms with Crippen LogP contribution < -0.4 is 10.1 Å². The summed E-state index contributed by atoms with van der Waals surface area (Å²) in [6.07, 6.45) is 2.50. The highest BCUT2D eigenvalue weighted by atomic mass is 19.1. The Balaban J connectivity index is 1.37. The summed E-state index contributed by atoms with van der Waals surface area (Å²) in [5, 5.41) is 18.0. The maximum Gasteiger partial charge on any atom is 0.410 e. The van der Waals surface area contributed by atoms with Crippen LogP contribution in [0.25, 0.3) is 22.3 Å². The number of carbonyl (C=O) groups excluding carboxylic acids is 1. The number of hydrogen-bond acceptors (Lipinski definition) is 9. The second-order valence-corrected chi connectivity index (χ2v) is 9.77. The minimum Gasteiger partial charge on any atom is -0.489 e. The van der Waals surface area contributed by atoms with Gasteiger partial charge in [0, 0.05) is 49.3 Å². The number of hydrogen-bond donors (Lipinski definition) is 2. The fraction of sp³-hybridized carbons (Fsp3) is 0.360. The van der Waals surface area contributed by atoms with E-state index in [2.05, 4.69) is 35.9 Å². The van der Waals surface area contributed by atoms with Crippen LogP contribution in [0.3, 0.4) is 0 Å². The number of benzene rings is 2. The van der Waals surface area contributed by atoms with Crippen molar-refractivity contribution in [2.75, 3.05) is 18.4 Å². The van der Waals surface area contributed by atoms with E-state index in [1.807, 2.05) is 32.9 Å². The van der Waals surface area contributed by atoms with Gasteiger partial charge in [0.05, 0.1) is 11.1 Å². The van der Waals surface area contributed by atoms with Crippen LogP contribution in [0.15, 0.2) is 42.6 Å². The Hall–Kier alpha value is -4.35. The minimum atomic E-state index is -0.542. The summed E-state index contributed by atoms with van der Waals surface area (Å²) in [7, 11) is 0. The molecular weight excluding hydrogens is 479 g/mol. The molecule has 0 bridgehead atoms. The van der Waals surface area contributed by atoms with E-state index in [1.54, 1.807) is 23.2 Å². The molecule has 1 aliphatic rings. The smallest absolute Gasteiger partial charge is 0.410 e. The minimum absolute atomic E-state index is 0.127. The van der Waals surface area contributed by atoms with Crippen molar-refractivity contribution in [3.63, 3.8) is 0 Å². The van der Waals surface area contributed by atoms with Gasteiger partial charge in [-0.05, 0) is 55.5 Å². The monoisotopic (exact) mass is 506 g/mol. The number of tetrazole rings is 1. The molecule has 5 rings (SSSR count). The van der Waals surface area contributed by atoms with Gasteiger partial charge in [0.25, 0.3) is 0 Å². The van der Waals surface area contributed by atoms with E-state index in [1.165, 1.54) is 12.1 Å². The Bertz CT molecular complexity index is 1400. The van der Waals surface area contributed by atoms with Crippen molar-refractivity contribution in [1.29, 1.82) is 0 Å². The second kappa shape index (κ2) is 9.96. The predicted octanol–water partition coefficient (Wildman–Crippen LogP) is 4.47. The maximum atomic E-state index is 13.6. The summed E-state index contributed by atoms with van der Waals surface area (Å²) >= 11 is 0. The SMILES string of the molecule is CC(C)(C)OC(=O)N1CCC(Oc2cc3nc(Nc4cccc(F)c4)ncc3cc2-c2nnn[nH]2)CC1. The van der Waals surface area contributed by atoms with Gasteiger partial charge in [-0.25, -0.2) is 24.3 Å². The number of ether oxygens (including phenoxy) is 2. The Morgan fingerprint density at radius 2 is 2.00 bits per heavy atom. The molecule has 1 fully saturated rings. The lowest BCUT2D eigenvalue weighted by Gasteiger charge is -2.33. The summed E-state index contributed by atoms with van der Waals surface area (Å²) < 4.78 is 25.5. The van der Waals surface area contributed by atoms with Crippen LogP contribution in [0, 0.1) is 5.82 Å². The molecule has 0 spiro atoms. The highest BCUT2D eigenvalue weighted by Crippen LogP contribution is 2.34. The fourth-order valence-electron chi connectivity index (χ4n) is 4.03. The summed E-state index contributed by atoms with van der Waals surface area (Å²) in [6.45, 7) is 6.60. The number of nitrogens with zero attached hydrogens (tertiary/aromatic N) is 6. The molecule has 0 radical (unpaired) electrons. The van der Waals surface area contributed by atoms with E-state index in [4.69, 9.17) is 9.47 Å². The number of halogens is 1. The first-order valence-corrected chi connectivity index (χ1v) is 12.0. The number of aromatic amines is 1. The van der Waals surface area contributed by atoms with E-state index < -0.39 is 5.60 Å². The van der Waals surface area contributed by atoms with Crippen LogP contribution in [-0.4, -0.2) is 66.4 Å². The number of likely N-dealkylation sites (tertiary alicyclic amines) is 1. The molecule has 1 amide bonds. The van der Waals surface area contributed by atoms with Gasteiger partial charge in [0.15, 0.2) is 5.82 Å². The van der Waals surface area contributed by atoms with E-state index in [9.17, 15) is 9.18 Å². The quantitative estimate of drug-likeness (QED) is 0.402. The Kier molecular flexibility index (Phi) is 6.55. The average Bonchev–Trinajstić information content (AvgIpc) is 3.38. The summed E-state index contributed by atoms with van der Waals surface area (Å²) in [5.74, 6) is 0.968. The zero-order chi connectivity index (χ0) is 26.0. The number of anilines is 2. The van der Waals surface area contributed by atoms with Crippen molar-refractivity contribution in [2.24, 2.45) is 0 Å². The van der Waals surface area contributed by atoms with Crippen LogP contribution in [-0.2, 0) is 4.74 Å². The molecule has 37 heavy (non-hydrogen) atoms. The predicted molar refractivity (Wildman–Crippen MR) is 134 cm³/mol. The summed E-state index contributed by atoms with van der Waals surface area (Å²) in [4.78, 5) is 23.1. The van der Waals surface area contributed by atoms with Crippen LogP contribution in [0.1, 0.15) is 33.6 Å². The van der Waals surface area contributed by atoms with Crippen molar-refractivity contribution in [3.05, 3.63) is 48.4 Å². The summed E-state index contributed by atoms with van der Waals surface area (Å²) in [5.41, 5.74) is 1.30. The van der Waals surface area contributed by atoms with Gasteiger partial charge in [-0.15, -0.1) is 5.10 Å². The second-order valence-electron chi connectivity index (χ2n) is 9.77. The van der Waals surface area contributed by atoms with Crippen LogP contribution in [0.2, 0.25) is 0 Å². The topological polar surface area (TPSA) is 131 Å². The lowest BCUT2D eigenvalue weighted by atomic mass is 10.1. The van der Waals surface area contributed by atoms with Crippen molar-refractivity contribution in [2.45, 2.75) is 45.3 Å². The molecule has 11 nitrogen and oxygen atoms in total. The van der Waals surface area contributed by atoms with Gasteiger partial charge in [0.2, 0.25) is 5.95 Å². The van der Waals surface area contributed by atoms with Gasteiger partial charge in [-0.3, -0.25) is 0 Å². The molecule has 2 aromatic carbocycles. The summed E-state index contributed by atoms with van der Waals surface area (Å²) in [6, 6.07) is 9.74. The first kappa shape index (κ1) is 24.3. The standard InChI is InChI=1S/C25H27FN8O3/c1-25(2,3)37-24(35)34-9-7-18(8-10-34)36-21-13-20-15(11-19(21)22-30-32-33-31-22)14-27-23(29-20)28-17-6-4-5-16(26)12-17/h4-6,11-14,18H,7-10H2,1-3H3,(H,27,28,29)(H,30,31,32,33). The average molecular weight is 507 g/mol. The zero-order valence-corrected chi connectivity index (χ0v) is 20.7. The Morgan fingerprint density at radius 3 is 2.70 bits per heavy atom. The van der Waals surface area contributed by atoms with Crippen molar-refractivity contribution in [1.82, 2.24) is 35.5 Å². The third-order valence-electron chi connectivity index (χ3n) is 5.75. The molecule has 4 aromatic rings. The molecule has 0 saturated carbocycles. The molecule has 0 unspecified atom stereocenters. The molecule has 2 N–H and O–H groups in total. The Labute approximate surface area is 212 Å². The molecule has 12 heteroatoms. The number of amides is 1. The first-order valence-electron chi connectivity index (χ1n) is 12.0. The van der Waals surface area contributed by atoms with E-state index in [0.29, 0.717) is 60.2 Å². The fourth-order valence-corrected chi connectivity index (χ4v) is 4.03. The molecule has 0 aliphatic carbocycles. The number of piperidine rings is 1. The highest BCUT2D eigenvalue weighted by molar-refractivity contribution is 5.87. The normalized spacial score (nSPS) is 14.5. The van der Waals surface area contributed by atoms with Gasteiger partial charge in [0.1, 0.15) is 23.3 Å².